The van der Waals surface area contributed by atoms with Gasteiger partial charge >= 0.3 is 13.2 Å². The molecule has 0 radical (unpaired) electrons. The van der Waals surface area contributed by atoms with Gasteiger partial charge in [-0.3, -0.25) is 0 Å². The summed E-state index contributed by atoms with van der Waals surface area (Å²) in [7, 11) is -3.94. The predicted molar refractivity (Wildman–Crippen MR) is 142 cm³/mol. The lowest BCUT2D eigenvalue weighted by Crippen LogP contribution is -2.30. The summed E-state index contributed by atoms with van der Waals surface area (Å²) >= 11 is 0. The van der Waals surface area contributed by atoms with Crippen molar-refractivity contribution in [1.82, 2.24) is 4.98 Å². The zero-order valence-corrected chi connectivity index (χ0v) is 22.8. The molecule has 0 aliphatic carbocycles. The summed E-state index contributed by atoms with van der Waals surface area (Å²) in [6, 6.07) is 18.4. The fourth-order valence-electron chi connectivity index (χ4n) is 4.38. The predicted octanol–water partition coefficient (Wildman–Crippen LogP) is 6.00. The zero-order chi connectivity index (χ0) is 29.8. The second kappa shape index (κ2) is 12.1. The largest absolute Gasteiger partial charge is 0.619 e. The maximum absolute atomic E-state index is 13.5. The van der Waals surface area contributed by atoms with Crippen molar-refractivity contribution in [3.8, 4) is 11.5 Å². The van der Waals surface area contributed by atoms with E-state index in [-0.39, 0.29) is 11.4 Å². The molecule has 7 nitrogen and oxygen atoms in total. The number of sulfone groups is 1. The van der Waals surface area contributed by atoms with E-state index in [0.717, 1.165) is 12.1 Å². The highest BCUT2D eigenvalue weighted by Gasteiger charge is 2.38. The lowest BCUT2D eigenvalue weighted by molar-refractivity contribution is -0.605. The fourth-order valence-corrected chi connectivity index (χ4v) is 5.79. The van der Waals surface area contributed by atoms with Gasteiger partial charge in [0.15, 0.2) is 28.9 Å². The molecule has 0 N–H and O–H groups in total. The molecule has 1 atom stereocenters. The van der Waals surface area contributed by atoms with E-state index in [1.165, 1.54) is 30.7 Å². The van der Waals surface area contributed by atoms with E-state index in [1.54, 1.807) is 62.4 Å². The quantitative estimate of drug-likeness (QED) is 0.121. The van der Waals surface area contributed by atoms with Gasteiger partial charge < -0.3 is 14.7 Å². The van der Waals surface area contributed by atoms with Crippen LogP contribution in [0.5, 0.6) is 11.5 Å². The van der Waals surface area contributed by atoms with Gasteiger partial charge in [-0.25, -0.2) is 13.4 Å². The van der Waals surface area contributed by atoms with Crippen LogP contribution in [-0.4, -0.2) is 26.6 Å². The first-order valence-electron chi connectivity index (χ1n) is 12.4. The molecule has 1 unspecified atom stereocenters. The van der Waals surface area contributed by atoms with Crippen molar-refractivity contribution in [2.24, 2.45) is 0 Å². The normalized spacial score (nSPS) is 12.9. The van der Waals surface area contributed by atoms with Crippen LogP contribution in [0.3, 0.4) is 0 Å². The second-order valence-corrected chi connectivity index (χ2v) is 12.0. The molecule has 0 fully saturated rings. The third-order valence-electron chi connectivity index (χ3n) is 6.69. The average Bonchev–Trinajstić information content (AvgIpc) is 2.93. The molecule has 216 valence electrons. The van der Waals surface area contributed by atoms with Crippen LogP contribution in [0.2, 0.25) is 0 Å². The van der Waals surface area contributed by atoms with Crippen molar-refractivity contribution in [3.63, 3.8) is 0 Å². The molecular weight excluding hydrogens is 564 g/mol. The Bertz CT molecular complexity index is 1570. The highest BCUT2D eigenvalue weighted by atomic mass is 32.2. The molecule has 4 aromatic rings. The molecule has 0 aliphatic rings. The second-order valence-electron chi connectivity index (χ2n) is 9.60. The van der Waals surface area contributed by atoms with Crippen molar-refractivity contribution >= 4 is 9.84 Å². The lowest BCUT2D eigenvalue weighted by atomic mass is 9.87. The van der Waals surface area contributed by atoms with Crippen LogP contribution in [-0.2, 0) is 21.0 Å². The minimum atomic E-state index is -3.94. The maximum Gasteiger partial charge on any atom is 0.387 e. The highest BCUT2D eigenvalue weighted by Crippen LogP contribution is 2.38. The van der Waals surface area contributed by atoms with Gasteiger partial charge in [0.05, 0.1) is 4.75 Å². The summed E-state index contributed by atoms with van der Waals surface area (Å²) in [5, 5.41) is 11.4. The van der Waals surface area contributed by atoms with Gasteiger partial charge in [0.25, 0.3) is 0 Å². The van der Waals surface area contributed by atoms with E-state index in [0.29, 0.717) is 27.0 Å². The number of nitrogens with zero attached hydrogens (tertiary/aromatic N) is 2. The van der Waals surface area contributed by atoms with Crippen molar-refractivity contribution in [1.29, 1.82) is 0 Å². The molecule has 2 heterocycles. The van der Waals surface area contributed by atoms with Gasteiger partial charge in [0.1, 0.15) is 0 Å². The van der Waals surface area contributed by atoms with Gasteiger partial charge in [-0.15, -0.1) is 0 Å². The van der Waals surface area contributed by atoms with E-state index in [1.807, 2.05) is 0 Å². The van der Waals surface area contributed by atoms with Gasteiger partial charge in [-0.1, -0.05) is 42.5 Å². The summed E-state index contributed by atoms with van der Waals surface area (Å²) < 4.78 is 87.1. The Hall–Kier alpha value is -4.19. The van der Waals surface area contributed by atoms with Crippen molar-refractivity contribution < 1.29 is 40.2 Å². The summed E-state index contributed by atoms with van der Waals surface area (Å²) in [4.78, 5) is 4.25. The maximum atomic E-state index is 13.5. The number of pyridine rings is 2. The number of hydrogen-bond acceptors (Lipinski definition) is 6. The van der Waals surface area contributed by atoms with Gasteiger partial charge in [0.2, 0.25) is 9.84 Å². The van der Waals surface area contributed by atoms with E-state index in [2.05, 4.69) is 14.5 Å². The number of hydrogen-bond donors (Lipinski definition) is 0. The Labute approximate surface area is 234 Å². The smallest absolute Gasteiger partial charge is 0.387 e. The SMILES string of the molecule is CC(C)(c1ccccc1)S(=O)(=O)c1ccc(C(Cc2cc[n+]([O-])cc2)c2ccc(OC(F)F)c(OC(F)F)c2)cn1. The van der Waals surface area contributed by atoms with Crippen LogP contribution in [0.1, 0.15) is 42.0 Å². The zero-order valence-electron chi connectivity index (χ0n) is 22.0. The number of benzene rings is 2. The molecule has 0 bridgehead atoms. The summed E-state index contributed by atoms with van der Waals surface area (Å²) in [6.45, 7) is -3.40. The van der Waals surface area contributed by atoms with E-state index in [4.69, 9.17) is 0 Å². The Morgan fingerprint density at radius 2 is 1.46 bits per heavy atom. The molecule has 0 aliphatic heterocycles. The summed E-state index contributed by atoms with van der Waals surface area (Å²) in [5.41, 5.74) is 2.16. The molecule has 12 heteroatoms. The molecule has 2 aromatic carbocycles. The first-order valence-corrected chi connectivity index (χ1v) is 13.8. The topological polar surface area (TPSA) is 92.4 Å². The van der Waals surface area contributed by atoms with Crippen molar-refractivity contribution in [3.05, 3.63) is 119 Å². The van der Waals surface area contributed by atoms with Crippen LogP contribution in [0.4, 0.5) is 17.6 Å². The van der Waals surface area contributed by atoms with Crippen molar-refractivity contribution in [2.75, 3.05) is 0 Å². The monoisotopic (exact) mass is 590 g/mol. The first kappa shape index (κ1) is 29.8. The Kier molecular flexibility index (Phi) is 8.81. The van der Waals surface area contributed by atoms with Crippen LogP contribution < -0.4 is 14.2 Å². The summed E-state index contributed by atoms with van der Waals surface area (Å²) in [5.74, 6) is -1.79. The van der Waals surface area contributed by atoms with Crippen LogP contribution in [0, 0.1) is 5.21 Å². The minimum absolute atomic E-state index is 0.164. The van der Waals surface area contributed by atoms with Gasteiger partial charge in [-0.05, 0) is 60.7 Å². The number of halogens is 4. The molecule has 2 aromatic heterocycles. The van der Waals surface area contributed by atoms with Crippen LogP contribution in [0.15, 0.2) is 96.4 Å². The molecule has 41 heavy (non-hydrogen) atoms. The fraction of sp³-hybridized carbons (Fsp3) is 0.241. The van der Waals surface area contributed by atoms with E-state index >= 15 is 0 Å². The number of alkyl halides is 4. The minimum Gasteiger partial charge on any atom is -0.619 e. The molecule has 0 saturated heterocycles. The summed E-state index contributed by atoms with van der Waals surface area (Å²) in [6.07, 6.45) is 4.17. The van der Waals surface area contributed by atoms with Crippen molar-refractivity contribution in [2.45, 2.75) is 49.2 Å². The van der Waals surface area contributed by atoms with Gasteiger partial charge in [0, 0.05) is 24.2 Å². The number of rotatable bonds is 11. The standard InChI is InChI=1S/C29H26F4N2O5S/c1-29(2,22-6-4-3-5-7-22)41(37,38)26-11-9-21(18-34-26)23(16-19-12-14-35(36)15-13-19)20-8-10-24(39-27(30)31)25(17-20)40-28(32)33/h3-15,17-18,23,27-28H,16H2,1-2H3. The van der Waals surface area contributed by atoms with Crippen LogP contribution >= 0.6 is 0 Å². The van der Waals surface area contributed by atoms with Gasteiger partial charge in [-0.2, -0.15) is 22.3 Å². The van der Waals surface area contributed by atoms with Crippen LogP contribution in [0.25, 0.3) is 0 Å². The molecule has 0 amide bonds. The lowest BCUT2D eigenvalue weighted by Gasteiger charge is -2.25. The number of ether oxygens (including phenoxy) is 2. The third-order valence-corrected chi connectivity index (χ3v) is 9.06. The first-order chi connectivity index (χ1) is 19.4. The Balaban J connectivity index is 1.75. The molecule has 4 rings (SSSR count). The average molecular weight is 591 g/mol. The molecular formula is C29H26F4N2O5S. The van der Waals surface area contributed by atoms with E-state index in [9.17, 15) is 31.2 Å². The third kappa shape index (κ3) is 6.76. The Morgan fingerprint density at radius 3 is 2.05 bits per heavy atom. The highest BCUT2D eigenvalue weighted by molar-refractivity contribution is 7.92. The van der Waals surface area contributed by atoms with E-state index < -0.39 is 45.2 Å². The molecule has 0 spiro atoms. The Morgan fingerprint density at radius 1 is 0.854 bits per heavy atom. The molecule has 0 saturated carbocycles. The number of aromatic nitrogens is 2.